The zero-order chi connectivity index (χ0) is 21.8. The van der Waals surface area contributed by atoms with Crippen LogP contribution in [-0.4, -0.2) is 16.8 Å². The monoisotopic (exact) mass is 476 g/mol. The molecule has 1 aliphatic heterocycles. The van der Waals surface area contributed by atoms with Crippen LogP contribution in [0.4, 0.5) is 4.79 Å². The minimum Gasteiger partial charge on any atom is -0.489 e. The first-order valence-electron chi connectivity index (χ1n) is 9.85. The van der Waals surface area contributed by atoms with Crippen molar-refractivity contribution in [3.05, 3.63) is 105 Å². The van der Waals surface area contributed by atoms with Crippen LogP contribution in [0, 0.1) is 6.92 Å². The fourth-order valence-electron chi connectivity index (χ4n) is 3.17. The van der Waals surface area contributed by atoms with E-state index in [1.165, 1.54) is 4.90 Å². The number of nitrogens with one attached hydrogen (secondary N) is 1. The number of ether oxygens (including phenoxy) is 1. The summed E-state index contributed by atoms with van der Waals surface area (Å²) >= 11 is 3.42. The second-order valence-corrected chi connectivity index (χ2v) is 8.26. The molecule has 6 heteroatoms. The van der Waals surface area contributed by atoms with Crippen molar-refractivity contribution in [3.63, 3.8) is 0 Å². The predicted octanol–water partition coefficient (Wildman–Crippen LogP) is 5.43. The molecule has 5 nitrogen and oxygen atoms in total. The number of carbonyl (C=O) groups excluding carboxylic acids is 2. The molecule has 156 valence electrons. The maximum Gasteiger partial charge on any atom is 0.329 e. The van der Waals surface area contributed by atoms with Gasteiger partial charge in [-0.1, -0.05) is 70.0 Å². The zero-order valence-corrected chi connectivity index (χ0v) is 18.6. The highest BCUT2D eigenvalue weighted by atomic mass is 79.9. The lowest BCUT2D eigenvalue weighted by Gasteiger charge is -2.11. The van der Waals surface area contributed by atoms with Gasteiger partial charge in [0.1, 0.15) is 18.1 Å². The Balaban J connectivity index is 1.39. The van der Waals surface area contributed by atoms with Crippen LogP contribution >= 0.6 is 15.9 Å². The second-order valence-electron chi connectivity index (χ2n) is 7.35. The number of rotatable bonds is 6. The fourth-order valence-corrected chi connectivity index (χ4v) is 3.43. The van der Waals surface area contributed by atoms with Gasteiger partial charge in [-0.25, -0.2) is 4.79 Å². The van der Waals surface area contributed by atoms with Crippen molar-refractivity contribution < 1.29 is 14.3 Å². The number of hydrogen-bond donors (Lipinski definition) is 1. The average molecular weight is 477 g/mol. The fraction of sp³-hybridized carbons (Fsp3) is 0.120. The molecular formula is C25H21BrN2O3. The van der Waals surface area contributed by atoms with E-state index in [0.717, 1.165) is 32.5 Å². The van der Waals surface area contributed by atoms with Gasteiger partial charge in [0.05, 0.1) is 6.54 Å². The average Bonchev–Trinajstić information content (AvgIpc) is 3.03. The van der Waals surface area contributed by atoms with Crippen molar-refractivity contribution >= 4 is 33.9 Å². The third-order valence-electron chi connectivity index (χ3n) is 4.93. The van der Waals surface area contributed by atoms with Gasteiger partial charge in [0.25, 0.3) is 5.91 Å². The molecule has 4 rings (SSSR count). The van der Waals surface area contributed by atoms with Crippen molar-refractivity contribution in [1.29, 1.82) is 0 Å². The van der Waals surface area contributed by atoms with Gasteiger partial charge in [0, 0.05) is 4.47 Å². The topological polar surface area (TPSA) is 58.6 Å². The number of amides is 3. The summed E-state index contributed by atoms with van der Waals surface area (Å²) in [6, 6.07) is 22.7. The van der Waals surface area contributed by atoms with Crippen molar-refractivity contribution in [2.45, 2.75) is 20.1 Å². The minimum absolute atomic E-state index is 0.241. The summed E-state index contributed by atoms with van der Waals surface area (Å²) in [6.07, 6.45) is 1.67. The molecule has 3 aromatic carbocycles. The lowest BCUT2D eigenvalue weighted by molar-refractivity contribution is -0.123. The summed E-state index contributed by atoms with van der Waals surface area (Å²) in [4.78, 5) is 26.2. The minimum atomic E-state index is -0.411. The molecule has 1 saturated heterocycles. The zero-order valence-electron chi connectivity index (χ0n) is 17.0. The Labute approximate surface area is 189 Å². The van der Waals surface area contributed by atoms with Gasteiger partial charge < -0.3 is 10.1 Å². The second kappa shape index (κ2) is 9.18. The number of halogens is 1. The molecule has 0 saturated carbocycles. The lowest BCUT2D eigenvalue weighted by Crippen LogP contribution is -2.30. The first kappa shape index (κ1) is 20.9. The molecule has 3 amide bonds. The van der Waals surface area contributed by atoms with Crippen molar-refractivity contribution in [1.82, 2.24) is 10.2 Å². The number of hydrogen-bond acceptors (Lipinski definition) is 3. The molecule has 1 fully saturated rings. The van der Waals surface area contributed by atoms with E-state index in [0.29, 0.717) is 6.61 Å². The summed E-state index contributed by atoms with van der Waals surface area (Å²) in [5.74, 6) is 0.397. The molecular weight excluding hydrogens is 456 g/mol. The molecule has 0 radical (unpaired) electrons. The highest BCUT2D eigenvalue weighted by molar-refractivity contribution is 9.10. The molecule has 1 aliphatic rings. The van der Waals surface area contributed by atoms with Gasteiger partial charge in [-0.05, 0) is 54.0 Å². The summed E-state index contributed by atoms with van der Waals surface area (Å²) in [5, 5.41) is 2.66. The first-order chi connectivity index (χ1) is 15.0. The Morgan fingerprint density at radius 2 is 1.55 bits per heavy atom. The van der Waals surface area contributed by atoms with E-state index in [-0.39, 0.29) is 18.1 Å². The Morgan fingerprint density at radius 3 is 2.23 bits per heavy atom. The maximum absolute atomic E-state index is 12.7. The van der Waals surface area contributed by atoms with Crippen LogP contribution in [0.3, 0.4) is 0 Å². The highest BCUT2D eigenvalue weighted by Gasteiger charge is 2.33. The van der Waals surface area contributed by atoms with E-state index in [4.69, 9.17) is 4.74 Å². The van der Waals surface area contributed by atoms with Crippen LogP contribution < -0.4 is 10.1 Å². The molecule has 0 aliphatic carbocycles. The SMILES string of the molecule is Cc1ccc(CN2C(=O)N/C(=C/c3ccc(OCc4ccc(Br)cc4)cc3)C2=O)cc1. The molecule has 1 heterocycles. The standard InChI is InChI=1S/C25H21BrN2O3/c1-17-2-4-19(5-3-17)15-28-24(29)23(27-25(28)30)14-18-8-12-22(13-9-18)31-16-20-6-10-21(26)11-7-20/h2-14H,15-16H2,1H3,(H,27,30)/b23-14+. The summed E-state index contributed by atoms with van der Waals surface area (Å²) in [7, 11) is 0. The Kier molecular flexibility index (Phi) is 6.18. The van der Waals surface area contributed by atoms with E-state index in [2.05, 4.69) is 21.2 Å². The summed E-state index contributed by atoms with van der Waals surface area (Å²) in [5.41, 5.74) is 4.17. The lowest BCUT2D eigenvalue weighted by atomic mass is 10.1. The van der Waals surface area contributed by atoms with Crippen molar-refractivity contribution in [2.24, 2.45) is 0 Å². The van der Waals surface area contributed by atoms with Crippen LogP contribution in [-0.2, 0) is 17.9 Å². The largest absolute Gasteiger partial charge is 0.489 e. The van der Waals surface area contributed by atoms with E-state index in [1.54, 1.807) is 6.08 Å². The molecule has 0 bridgehead atoms. The van der Waals surface area contributed by atoms with E-state index in [1.807, 2.05) is 79.7 Å². The summed E-state index contributed by atoms with van der Waals surface area (Å²) in [6.45, 7) is 2.71. The number of aryl methyl sites for hydroxylation is 1. The van der Waals surface area contributed by atoms with Crippen molar-refractivity contribution in [3.8, 4) is 5.75 Å². The number of urea groups is 1. The van der Waals surface area contributed by atoms with Gasteiger partial charge in [0.2, 0.25) is 0 Å². The van der Waals surface area contributed by atoms with Gasteiger partial charge >= 0.3 is 6.03 Å². The Hall–Kier alpha value is -3.38. The first-order valence-corrected chi connectivity index (χ1v) is 10.6. The number of imide groups is 1. The number of benzene rings is 3. The third-order valence-corrected chi connectivity index (χ3v) is 5.46. The van der Waals surface area contributed by atoms with Crippen LogP contribution in [0.15, 0.2) is 83.0 Å². The number of carbonyl (C=O) groups is 2. The molecule has 0 aromatic heterocycles. The van der Waals surface area contributed by atoms with Gasteiger partial charge in [0.15, 0.2) is 0 Å². The Morgan fingerprint density at radius 1 is 0.903 bits per heavy atom. The van der Waals surface area contributed by atoms with Crippen LogP contribution in [0.5, 0.6) is 5.75 Å². The third kappa shape index (κ3) is 5.22. The highest BCUT2D eigenvalue weighted by Crippen LogP contribution is 2.20. The van der Waals surface area contributed by atoms with E-state index >= 15 is 0 Å². The van der Waals surface area contributed by atoms with Gasteiger partial charge in [-0.15, -0.1) is 0 Å². The Bertz CT molecular complexity index is 1120. The molecule has 31 heavy (non-hydrogen) atoms. The maximum atomic E-state index is 12.7. The van der Waals surface area contributed by atoms with Crippen LogP contribution in [0.1, 0.15) is 22.3 Å². The van der Waals surface area contributed by atoms with E-state index in [9.17, 15) is 9.59 Å². The molecule has 3 aromatic rings. The van der Waals surface area contributed by atoms with Crippen LogP contribution in [0.2, 0.25) is 0 Å². The summed E-state index contributed by atoms with van der Waals surface area (Å²) < 4.78 is 6.83. The van der Waals surface area contributed by atoms with Gasteiger partial charge in [-0.2, -0.15) is 0 Å². The normalized spacial score (nSPS) is 14.8. The molecule has 1 N–H and O–H groups in total. The quantitative estimate of drug-likeness (QED) is 0.381. The predicted molar refractivity (Wildman–Crippen MR) is 123 cm³/mol. The number of nitrogens with zero attached hydrogens (tertiary/aromatic N) is 1. The molecule has 0 spiro atoms. The smallest absolute Gasteiger partial charge is 0.329 e. The van der Waals surface area contributed by atoms with Crippen LogP contribution in [0.25, 0.3) is 6.08 Å². The van der Waals surface area contributed by atoms with Gasteiger partial charge in [-0.3, -0.25) is 9.69 Å². The molecule has 0 unspecified atom stereocenters. The van der Waals surface area contributed by atoms with E-state index < -0.39 is 6.03 Å². The molecule has 0 atom stereocenters. The van der Waals surface area contributed by atoms with Crippen molar-refractivity contribution in [2.75, 3.05) is 0 Å².